The van der Waals surface area contributed by atoms with Crippen LogP contribution in [0.1, 0.15) is 44.2 Å². The van der Waals surface area contributed by atoms with Gasteiger partial charge in [0.1, 0.15) is 0 Å². The van der Waals surface area contributed by atoms with Crippen molar-refractivity contribution in [2.24, 2.45) is 5.92 Å². The molecule has 2 aliphatic rings. The molecule has 130 valence electrons. The van der Waals surface area contributed by atoms with Crippen molar-refractivity contribution in [3.8, 4) is 0 Å². The quantitative estimate of drug-likeness (QED) is 0.814. The summed E-state index contributed by atoms with van der Waals surface area (Å²) >= 11 is 0. The molecule has 5 heteroatoms. The van der Waals surface area contributed by atoms with Gasteiger partial charge >= 0.3 is 0 Å². The molecular weight excluding hydrogens is 304 g/mol. The van der Waals surface area contributed by atoms with Crippen LogP contribution < -0.4 is 5.32 Å². The van der Waals surface area contributed by atoms with Crippen LogP contribution in [0.5, 0.6) is 0 Å². The summed E-state index contributed by atoms with van der Waals surface area (Å²) < 4.78 is 5.76. The first-order valence-electron chi connectivity index (χ1n) is 8.89. The van der Waals surface area contributed by atoms with E-state index in [0.717, 1.165) is 18.4 Å². The van der Waals surface area contributed by atoms with Crippen molar-refractivity contribution < 1.29 is 14.3 Å². The molecule has 0 bridgehead atoms. The van der Waals surface area contributed by atoms with Gasteiger partial charge in [0, 0.05) is 25.4 Å². The van der Waals surface area contributed by atoms with Crippen molar-refractivity contribution in [2.45, 2.75) is 44.8 Å². The molecule has 1 aromatic carbocycles. The predicted octanol–water partition coefficient (Wildman–Crippen LogP) is 2.28. The van der Waals surface area contributed by atoms with Crippen molar-refractivity contribution in [3.63, 3.8) is 0 Å². The van der Waals surface area contributed by atoms with Crippen LogP contribution in [-0.4, -0.2) is 42.5 Å². The Morgan fingerprint density at radius 1 is 1.25 bits per heavy atom. The van der Waals surface area contributed by atoms with E-state index in [-0.39, 0.29) is 29.9 Å². The number of carbonyl (C=O) groups is 2. The second kappa shape index (κ2) is 7.79. The summed E-state index contributed by atoms with van der Waals surface area (Å²) in [5.74, 6) is 0.507. The van der Waals surface area contributed by atoms with Crippen LogP contribution in [0.25, 0.3) is 0 Å². The number of amides is 2. The number of carbonyl (C=O) groups excluding carboxylic acids is 2. The van der Waals surface area contributed by atoms with Crippen molar-refractivity contribution in [1.82, 2.24) is 10.2 Å². The van der Waals surface area contributed by atoms with Gasteiger partial charge < -0.3 is 15.0 Å². The first-order valence-corrected chi connectivity index (χ1v) is 8.89. The summed E-state index contributed by atoms with van der Waals surface area (Å²) in [6, 6.07) is 10.0. The van der Waals surface area contributed by atoms with Crippen LogP contribution in [0.3, 0.4) is 0 Å². The minimum absolute atomic E-state index is 0.0176. The van der Waals surface area contributed by atoms with Gasteiger partial charge in [0.2, 0.25) is 11.8 Å². The maximum absolute atomic E-state index is 12.7. The van der Waals surface area contributed by atoms with Crippen LogP contribution >= 0.6 is 0 Å². The van der Waals surface area contributed by atoms with E-state index in [4.69, 9.17) is 4.74 Å². The third-order valence-corrected chi connectivity index (χ3v) is 4.69. The number of benzene rings is 1. The van der Waals surface area contributed by atoms with Crippen molar-refractivity contribution in [3.05, 3.63) is 35.9 Å². The summed E-state index contributed by atoms with van der Waals surface area (Å²) in [7, 11) is 0. The molecule has 1 aromatic rings. The maximum atomic E-state index is 12.7. The number of hydrogen-bond donors (Lipinski definition) is 1. The molecule has 1 N–H and O–H groups in total. The number of hydrogen-bond acceptors (Lipinski definition) is 3. The molecule has 2 atom stereocenters. The fraction of sp³-hybridized carbons (Fsp3) is 0.579. The minimum atomic E-state index is -0.0176. The van der Waals surface area contributed by atoms with Gasteiger partial charge in [-0.05, 0) is 31.7 Å². The van der Waals surface area contributed by atoms with Gasteiger partial charge in [-0.2, -0.15) is 0 Å². The Bertz CT molecular complexity index is 571. The molecule has 3 rings (SSSR count). The average molecular weight is 330 g/mol. The zero-order valence-electron chi connectivity index (χ0n) is 14.2. The lowest BCUT2D eigenvalue weighted by molar-refractivity contribution is -0.144. The van der Waals surface area contributed by atoms with Crippen LogP contribution in [0, 0.1) is 5.92 Å². The van der Waals surface area contributed by atoms with Crippen LogP contribution in [0.4, 0.5) is 0 Å². The Balaban J connectivity index is 1.52. The summed E-state index contributed by atoms with van der Waals surface area (Å²) in [4.78, 5) is 26.2. The lowest BCUT2D eigenvalue weighted by Crippen LogP contribution is -2.46. The highest BCUT2D eigenvalue weighted by Crippen LogP contribution is 2.29. The summed E-state index contributed by atoms with van der Waals surface area (Å²) in [6.07, 6.45) is 3.22. The Labute approximate surface area is 143 Å². The van der Waals surface area contributed by atoms with E-state index in [1.54, 1.807) is 0 Å². The summed E-state index contributed by atoms with van der Waals surface area (Å²) in [5, 5.41) is 2.92. The first-order chi connectivity index (χ1) is 11.6. The number of rotatable bonds is 6. The molecule has 0 unspecified atom stereocenters. The highest BCUT2D eigenvalue weighted by molar-refractivity contribution is 5.81. The second-order valence-electron chi connectivity index (χ2n) is 6.79. The van der Waals surface area contributed by atoms with E-state index in [0.29, 0.717) is 32.5 Å². The van der Waals surface area contributed by atoms with E-state index in [2.05, 4.69) is 5.32 Å². The molecule has 2 fully saturated rings. The Morgan fingerprint density at radius 2 is 2.00 bits per heavy atom. The van der Waals surface area contributed by atoms with Gasteiger partial charge in [0.15, 0.2) is 0 Å². The van der Waals surface area contributed by atoms with Gasteiger partial charge in [0.25, 0.3) is 0 Å². The molecule has 0 spiro atoms. The number of morpholine rings is 1. The summed E-state index contributed by atoms with van der Waals surface area (Å²) in [5.41, 5.74) is 1.11. The van der Waals surface area contributed by atoms with Crippen molar-refractivity contribution in [1.29, 1.82) is 0 Å². The highest BCUT2D eigenvalue weighted by atomic mass is 16.5. The molecule has 1 aliphatic heterocycles. The van der Waals surface area contributed by atoms with E-state index < -0.39 is 0 Å². The smallest absolute Gasteiger partial charge is 0.223 e. The minimum Gasteiger partial charge on any atom is -0.374 e. The topological polar surface area (TPSA) is 58.6 Å². The zero-order valence-corrected chi connectivity index (χ0v) is 14.2. The molecule has 1 saturated heterocycles. The average Bonchev–Trinajstić information content (AvgIpc) is 3.44. The van der Waals surface area contributed by atoms with E-state index >= 15 is 0 Å². The van der Waals surface area contributed by atoms with Gasteiger partial charge in [-0.3, -0.25) is 9.59 Å². The molecule has 1 saturated carbocycles. The third-order valence-electron chi connectivity index (χ3n) is 4.69. The van der Waals surface area contributed by atoms with Crippen LogP contribution in [-0.2, 0) is 14.3 Å². The molecule has 2 amide bonds. The lowest BCUT2D eigenvalue weighted by atomic mass is 10.0. The molecule has 0 radical (unpaired) electrons. The Kier molecular flexibility index (Phi) is 5.51. The monoisotopic (exact) mass is 330 g/mol. The highest BCUT2D eigenvalue weighted by Gasteiger charge is 2.31. The second-order valence-corrected chi connectivity index (χ2v) is 6.79. The number of nitrogens with one attached hydrogen (secondary N) is 1. The van der Waals surface area contributed by atoms with Gasteiger partial charge in [-0.25, -0.2) is 0 Å². The maximum Gasteiger partial charge on any atom is 0.223 e. The van der Waals surface area contributed by atoms with E-state index in [1.807, 2.05) is 42.2 Å². The SMILES string of the molecule is C[C@H]1CN(C(=O)CCCNC(=O)C2CC2)[C@@H](c2ccccc2)CO1. The van der Waals surface area contributed by atoms with Crippen molar-refractivity contribution in [2.75, 3.05) is 19.7 Å². The third kappa shape index (κ3) is 4.35. The largest absolute Gasteiger partial charge is 0.374 e. The summed E-state index contributed by atoms with van der Waals surface area (Å²) in [6.45, 7) is 3.73. The number of nitrogens with zero attached hydrogens (tertiary/aromatic N) is 1. The van der Waals surface area contributed by atoms with E-state index in [9.17, 15) is 9.59 Å². The van der Waals surface area contributed by atoms with Gasteiger partial charge in [0.05, 0.1) is 18.8 Å². The lowest BCUT2D eigenvalue weighted by Gasteiger charge is -2.39. The Morgan fingerprint density at radius 3 is 2.71 bits per heavy atom. The van der Waals surface area contributed by atoms with Crippen LogP contribution in [0.15, 0.2) is 30.3 Å². The van der Waals surface area contributed by atoms with Crippen LogP contribution in [0.2, 0.25) is 0 Å². The van der Waals surface area contributed by atoms with Gasteiger partial charge in [-0.1, -0.05) is 30.3 Å². The van der Waals surface area contributed by atoms with Gasteiger partial charge in [-0.15, -0.1) is 0 Å². The predicted molar refractivity (Wildman–Crippen MR) is 91.3 cm³/mol. The fourth-order valence-corrected chi connectivity index (χ4v) is 3.11. The van der Waals surface area contributed by atoms with Crippen molar-refractivity contribution >= 4 is 11.8 Å². The first kappa shape index (κ1) is 17.0. The Hall–Kier alpha value is -1.88. The molecule has 5 nitrogen and oxygen atoms in total. The molecule has 24 heavy (non-hydrogen) atoms. The standard InChI is InChI=1S/C19H26N2O3/c1-14-12-21(17(13-24-14)15-6-3-2-4-7-15)18(22)8-5-11-20-19(23)16-9-10-16/h2-4,6-7,14,16-17H,5,8-13H2,1H3,(H,20,23)/t14-,17+/m0/s1. The molecular formula is C19H26N2O3. The van der Waals surface area contributed by atoms with E-state index in [1.165, 1.54) is 0 Å². The molecule has 1 aliphatic carbocycles. The molecule has 1 heterocycles. The fourth-order valence-electron chi connectivity index (χ4n) is 3.11. The zero-order chi connectivity index (χ0) is 16.9. The molecule has 0 aromatic heterocycles. The number of ether oxygens (including phenoxy) is 1. The normalized spacial score (nSPS) is 23.8.